The highest BCUT2D eigenvalue weighted by atomic mass is 35.5. The van der Waals surface area contributed by atoms with Crippen molar-refractivity contribution >= 4 is 34.8 Å². The third-order valence-corrected chi connectivity index (χ3v) is 8.43. The number of piperidine rings is 1. The number of ether oxygens (including phenoxy) is 1. The van der Waals surface area contributed by atoms with Crippen LogP contribution in [-0.2, 0) is 17.6 Å². The molecule has 2 heterocycles. The van der Waals surface area contributed by atoms with Crippen LogP contribution < -0.4 is 9.64 Å². The molecule has 33 heavy (non-hydrogen) atoms. The molecule has 2 atom stereocenters. The third-order valence-electron chi connectivity index (χ3n) is 7.62. The molecule has 0 unspecified atom stereocenters. The molecule has 5 nitrogen and oxygen atoms in total. The monoisotopic (exact) mass is 487 g/mol. The summed E-state index contributed by atoms with van der Waals surface area (Å²) in [5.74, 6) is 1.85. The van der Waals surface area contributed by atoms with Crippen LogP contribution in [0.5, 0.6) is 5.75 Å². The van der Waals surface area contributed by atoms with Crippen LogP contribution in [0, 0.1) is 5.92 Å². The molecule has 5 rings (SSSR count). The van der Waals surface area contributed by atoms with E-state index in [1.807, 2.05) is 17.0 Å². The van der Waals surface area contributed by atoms with Crippen LogP contribution >= 0.6 is 23.2 Å². The number of benzene rings is 2. The lowest BCUT2D eigenvalue weighted by Gasteiger charge is -2.45. The van der Waals surface area contributed by atoms with E-state index in [-0.39, 0.29) is 5.91 Å². The number of amides is 1. The van der Waals surface area contributed by atoms with Crippen molar-refractivity contribution < 1.29 is 9.53 Å². The fourth-order valence-corrected chi connectivity index (χ4v) is 6.28. The van der Waals surface area contributed by atoms with E-state index < -0.39 is 0 Å². The van der Waals surface area contributed by atoms with Crippen LogP contribution in [0.25, 0.3) is 0 Å². The van der Waals surface area contributed by atoms with E-state index >= 15 is 0 Å². The van der Waals surface area contributed by atoms with Gasteiger partial charge in [-0.1, -0.05) is 41.4 Å². The summed E-state index contributed by atoms with van der Waals surface area (Å²) >= 11 is 12.6. The number of carbonyl (C=O) groups excluding carboxylic acids is 1. The maximum absolute atomic E-state index is 13.2. The number of halogens is 2. The smallest absolute Gasteiger partial charge is 0.236 e. The molecule has 0 bridgehead atoms. The summed E-state index contributed by atoms with van der Waals surface area (Å²) in [6, 6.07) is 12.5. The second-order valence-electron chi connectivity index (χ2n) is 9.39. The Morgan fingerprint density at radius 3 is 2.61 bits per heavy atom. The Morgan fingerprint density at radius 1 is 1.03 bits per heavy atom. The van der Waals surface area contributed by atoms with E-state index in [4.69, 9.17) is 27.9 Å². The van der Waals surface area contributed by atoms with Crippen molar-refractivity contribution in [3.8, 4) is 5.75 Å². The van der Waals surface area contributed by atoms with E-state index in [1.54, 1.807) is 13.2 Å². The minimum Gasteiger partial charge on any atom is -0.496 e. The number of carbonyl (C=O) groups is 1. The lowest BCUT2D eigenvalue weighted by molar-refractivity contribution is -0.134. The van der Waals surface area contributed by atoms with Gasteiger partial charge in [-0.25, -0.2) is 0 Å². The Balaban J connectivity index is 1.22. The lowest BCUT2D eigenvalue weighted by Crippen LogP contribution is -2.55. The van der Waals surface area contributed by atoms with Gasteiger partial charge in [-0.05, 0) is 67.5 Å². The summed E-state index contributed by atoms with van der Waals surface area (Å²) in [6.45, 7) is 4.48. The molecule has 0 spiro atoms. The average Bonchev–Trinajstić information content (AvgIpc) is 2.84. The van der Waals surface area contributed by atoms with Gasteiger partial charge in [0.2, 0.25) is 5.91 Å². The molecule has 176 valence electrons. The highest BCUT2D eigenvalue weighted by molar-refractivity contribution is 6.43. The Bertz CT molecular complexity index is 1020. The molecule has 2 saturated heterocycles. The summed E-state index contributed by atoms with van der Waals surface area (Å²) in [7, 11) is 1.76. The maximum atomic E-state index is 13.2. The number of likely N-dealkylation sites (tertiary alicyclic amines) is 1. The van der Waals surface area contributed by atoms with Gasteiger partial charge < -0.3 is 14.5 Å². The second-order valence-corrected chi connectivity index (χ2v) is 10.2. The van der Waals surface area contributed by atoms with Crippen molar-refractivity contribution in [3.63, 3.8) is 0 Å². The number of hydrogen-bond donors (Lipinski definition) is 0. The molecule has 7 heteroatoms. The number of rotatable bonds is 4. The van der Waals surface area contributed by atoms with Gasteiger partial charge in [-0.2, -0.15) is 0 Å². The summed E-state index contributed by atoms with van der Waals surface area (Å²) in [5.41, 5.74) is 3.69. The maximum Gasteiger partial charge on any atom is 0.236 e. The zero-order valence-corrected chi connectivity index (χ0v) is 20.6. The van der Waals surface area contributed by atoms with Gasteiger partial charge in [0.25, 0.3) is 0 Å². The predicted octanol–water partition coefficient (Wildman–Crippen LogP) is 4.53. The second kappa shape index (κ2) is 9.73. The van der Waals surface area contributed by atoms with Crippen molar-refractivity contribution in [2.45, 2.75) is 31.7 Å². The standard InChI is InChI=1S/C26H31Cl2N3O2/c1-33-24-9-2-5-18-16-23-19(15-20(18)24)6-4-10-31(23)17-25(32)30-13-11-29(12-14-30)22-8-3-7-21(27)26(22)28/h2-3,5,7-9,19,23H,4,6,10-17H2,1H3/t19-,23-/m0/s1. The largest absolute Gasteiger partial charge is 0.496 e. The molecule has 0 radical (unpaired) electrons. The highest BCUT2D eigenvalue weighted by Crippen LogP contribution is 2.38. The third kappa shape index (κ3) is 4.55. The Hall–Kier alpha value is -1.95. The molecule has 2 aliphatic heterocycles. The van der Waals surface area contributed by atoms with E-state index in [1.165, 1.54) is 17.5 Å². The molecule has 0 saturated carbocycles. The van der Waals surface area contributed by atoms with Crippen molar-refractivity contribution in [2.75, 3.05) is 51.3 Å². The van der Waals surface area contributed by atoms with Gasteiger partial charge in [0.1, 0.15) is 5.75 Å². The first kappa shape index (κ1) is 22.8. The number of hydrogen-bond acceptors (Lipinski definition) is 4. The molecule has 2 aromatic carbocycles. The fraction of sp³-hybridized carbons (Fsp3) is 0.500. The van der Waals surface area contributed by atoms with Crippen LogP contribution in [-0.4, -0.2) is 68.1 Å². The van der Waals surface area contributed by atoms with E-state index in [2.05, 4.69) is 28.0 Å². The van der Waals surface area contributed by atoms with Gasteiger partial charge >= 0.3 is 0 Å². The van der Waals surface area contributed by atoms with Gasteiger partial charge in [0, 0.05) is 32.2 Å². The molecular formula is C26H31Cl2N3O2. The predicted molar refractivity (Wildman–Crippen MR) is 134 cm³/mol. The zero-order chi connectivity index (χ0) is 22.9. The van der Waals surface area contributed by atoms with Crippen LogP contribution in [0.3, 0.4) is 0 Å². The summed E-state index contributed by atoms with van der Waals surface area (Å²) in [4.78, 5) is 19.9. The molecule has 2 fully saturated rings. The first-order valence-electron chi connectivity index (χ1n) is 11.9. The van der Waals surface area contributed by atoms with Gasteiger partial charge in [0.05, 0.1) is 29.4 Å². The quantitative estimate of drug-likeness (QED) is 0.634. The van der Waals surface area contributed by atoms with Crippen LogP contribution in [0.15, 0.2) is 36.4 Å². The first-order chi connectivity index (χ1) is 16.0. The van der Waals surface area contributed by atoms with E-state index in [0.717, 1.165) is 50.3 Å². The molecule has 2 aromatic rings. The average molecular weight is 488 g/mol. The van der Waals surface area contributed by atoms with E-state index in [0.29, 0.717) is 41.6 Å². The van der Waals surface area contributed by atoms with Crippen LogP contribution in [0.1, 0.15) is 24.0 Å². The van der Waals surface area contributed by atoms with Crippen LogP contribution in [0.4, 0.5) is 5.69 Å². The summed E-state index contributed by atoms with van der Waals surface area (Å²) < 4.78 is 5.62. The molecule has 0 aromatic heterocycles. The molecule has 0 N–H and O–H groups in total. The van der Waals surface area contributed by atoms with E-state index in [9.17, 15) is 4.79 Å². The fourth-order valence-electron chi connectivity index (χ4n) is 5.86. The Morgan fingerprint density at radius 2 is 1.82 bits per heavy atom. The van der Waals surface area contributed by atoms with Gasteiger partial charge in [-0.15, -0.1) is 0 Å². The highest BCUT2D eigenvalue weighted by Gasteiger charge is 2.37. The first-order valence-corrected chi connectivity index (χ1v) is 12.7. The SMILES string of the molecule is COc1cccc2c1C[C@@H]1CCCN(CC(=O)N3CCN(c4cccc(Cl)c4Cl)CC3)[C@H]1C2. The normalized spacial score (nSPS) is 23.1. The Kier molecular flexibility index (Phi) is 6.73. The molecule has 1 aliphatic carbocycles. The minimum absolute atomic E-state index is 0.240. The van der Waals surface area contributed by atoms with Gasteiger partial charge in [0.15, 0.2) is 0 Å². The molecule has 1 amide bonds. The zero-order valence-electron chi connectivity index (χ0n) is 19.1. The minimum atomic E-state index is 0.240. The number of fused-ring (bicyclic) bond motifs is 2. The summed E-state index contributed by atoms with van der Waals surface area (Å²) in [6.07, 6.45) is 4.44. The van der Waals surface area contributed by atoms with Crippen molar-refractivity contribution in [3.05, 3.63) is 57.6 Å². The topological polar surface area (TPSA) is 36.0 Å². The number of piperazine rings is 1. The van der Waals surface area contributed by atoms with Crippen molar-refractivity contribution in [1.29, 1.82) is 0 Å². The molecule has 3 aliphatic rings. The van der Waals surface area contributed by atoms with Gasteiger partial charge in [-0.3, -0.25) is 9.69 Å². The van der Waals surface area contributed by atoms with Crippen molar-refractivity contribution in [2.24, 2.45) is 5.92 Å². The number of anilines is 1. The summed E-state index contributed by atoms with van der Waals surface area (Å²) in [5, 5.41) is 1.16. The molecular weight excluding hydrogens is 457 g/mol. The van der Waals surface area contributed by atoms with Crippen molar-refractivity contribution in [1.82, 2.24) is 9.80 Å². The lowest BCUT2D eigenvalue weighted by atomic mass is 9.75. The number of methoxy groups -OCH3 is 1. The Labute approximate surface area is 206 Å². The van der Waals surface area contributed by atoms with Crippen LogP contribution in [0.2, 0.25) is 10.0 Å². The number of nitrogens with zero attached hydrogens (tertiary/aromatic N) is 3.